The molecule has 4 heteroatoms. The van der Waals surface area contributed by atoms with E-state index in [1.54, 1.807) is 0 Å². The first kappa shape index (κ1) is 13.3. The molecule has 0 spiro atoms. The second-order valence-electron chi connectivity index (χ2n) is 5.76. The third-order valence-corrected chi connectivity index (χ3v) is 4.51. The molecule has 0 amide bonds. The van der Waals surface area contributed by atoms with Crippen LogP contribution in [0, 0.1) is 0 Å². The minimum absolute atomic E-state index is 0.0111. The van der Waals surface area contributed by atoms with Crippen molar-refractivity contribution in [1.82, 2.24) is 14.8 Å². The third-order valence-electron chi connectivity index (χ3n) is 4.51. The zero-order valence-electron chi connectivity index (χ0n) is 11.8. The standard InChI is InChI=1S/C16H22N4/c17-12-16(10-6-1-2-7-11-16)15-19-18-13-20(15)14-8-4-3-5-9-14/h3-5,8-9,13H,1-2,6-7,10-12,17H2. The van der Waals surface area contributed by atoms with Crippen molar-refractivity contribution in [2.24, 2.45) is 5.73 Å². The van der Waals surface area contributed by atoms with Gasteiger partial charge in [-0.2, -0.15) is 0 Å². The Labute approximate surface area is 120 Å². The molecule has 1 aliphatic rings. The van der Waals surface area contributed by atoms with Gasteiger partial charge in [-0.1, -0.05) is 43.9 Å². The van der Waals surface area contributed by atoms with Crippen LogP contribution in [0.15, 0.2) is 36.7 Å². The fourth-order valence-electron chi connectivity index (χ4n) is 3.30. The Kier molecular flexibility index (Phi) is 3.83. The molecule has 0 atom stereocenters. The molecular weight excluding hydrogens is 248 g/mol. The summed E-state index contributed by atoms with van der Waals surface area (Å²) in [4.78, 5) is 0. The van der Waals surface area contributed by atoms with E-state index in [1.807, 2.05) is 24.5 Å². The molecule has 1 heterocycles. The van der Waals surface area contributed by atoms with E-state index in [1.165, 1.54) is 25.7 Å². The SMILES string of the molecule is NCC1(c2nncn2-c2ccccc2)CCCCCC1. The van der Waals surface area contributed by atoms with Crippen molar-refractivity contribution in [1.29, 1.82) is 0 Å². The van der Waals surface area contributed by atoms with Gasteiger partial charge in [0, 0.05) is 17.6 Å². The van der Waals surface area contributed by atoms with Gasteiger partial charge < -0.3 is 5.73 Å². The molecule has 0 bridgehead atoms. The van der Waals surface area contributed by atoms with Gasteiger partial charge in [0.2, 0.25) is 0 Å². The minimum Gasteiger partial charge on any atom is -0.329 e. The lowest BCUT2D eigenvalue weighted by atomic mass is 9.79. The van der Waals surface area contributed by atoms with Crippen molar-refractivity contribution in [3.05, 3.63) is 42.5 Å². The van der Waals surface area contributed by atoms with Crippen LogP contribution in [0.4, 0.5) is 0 Å². The average Bonchev–Trinajstić information content (AvgIpc) is 2.88. The summed E-state index contributed by atoms with van der Waals surface area (Å²) in [5.41, 5.74) is 7.27. The highest BCUT2D eigenvalue weighted by Crippen LogP contribution is 2.37. The van der Waals surface area contributed by atoms with Gasteiger partial charge in [0.25, 0.3) is 0 Å². The van der Waals surface area contributed by atoms with Crippen LogP contribution in [-0.2, 0) is 5.41 Å². The number of para-hydroxylation sites is 1. The maximum atomic E-state index is 6.16. The molecule has 1 aromatic heterocycles. The smallest absolute Gasteiger partial charge is 0.144 e. The molecule has 0 unspecified atom stereocenters. The van der Waals surface area contributed by atoms with Crippen LogP contribution < -0.4 is 5.73 Å². The predicted molar refractivity (Wildman–Crippen MR) is 79.8 cm³/mol. The van der Waals surface area contributed by atoms with Crippen LogP contribution in [0.5, 0.6) is 0 Å². The molecule has 1 aliphatic carbocycles. The molecule has 0 aliphatic heterocycles. The average molecular weight is 270 g/mol. The van der Waals surface area contributed by atoms with E-state index in [4.69, 9.17) is 5.73 Å². The number of rotatable bonds is 3. The van der Waals surface area contributed by atoms with Crippen molar-refractivity contribution in [3.63, 3.8) is 0 Å². The summed E-state index contributed by atoms with van der Waals surface area (Å²) in [5.74, 6) is 1.04. The third kappa shape index (κ3) is 2.36. The molecule has 106 valence electrons. The van der Waals surface area contributed by atoms with Crippen molar-refractivity contribution < 1.29 is 0 Å². The van der Waals surface area contributed by atoms with Crippen molar-refractivity contribution in [2.45, 2.75) is 43.9 Å². The minimum atomic E-state index is -0.0111. The van der Waals surface area contributed by atoms with E-state index < -0.39 is 0 Å². The second kappa shape index (κ2) is 5.75. The first-order valence-corrected chi connectivity index (χ1v) is 7.52. The summed E-state index contributed by atoms with van der Waals surface area (Å²) < 4.78 is 2.11. The van der Waals surface area contributed by atoms with E-state index in [-0.39, 0.29) is 5.41 Å². The molecular formula is C16H22N4. The zero-order valence-corrected chi connectivity index (χ0v) is 11.8. The lowest BCUT2D eigenvalue weighted by Gasteiger charge is -2.30. The van der Waals surface area contributed by atoms with E-state index in [0.717, 1.165) is 24.4 Å². The molecule has 0 radical (unpaired) electrons. The summed E-state index contributed by atoms with van der Waals surface area (Å²) in [6.45, 7) is 0.651. The Bertz CT molecular complexity index is 539. The molecule has 1 aromatic carbocycles. The van der Waals surface area contributed by atoms with Crippen molar-refractivity contribution in [3.8, 4) is 5.69 Å². The molecule has 4 nitrogen and oxygen atoms in total. The lowest BCUT2D eigenvalue weighted by Crippen LogP contribution is -2.37. The summed E-state index contributed by atoms with van der Waals surface area (Å²) >= 11 is 0. The van der Waals surface area contributed by atoms with Gasteiger partial charge in [-0.25, -0.2) is 0 Å². The second-order valence-corrected chi connectivity index (χ2v) is 5.76. The highest BCUT2D eigenvalue weighted by molar-refractivity contribution is 5.33. The molecule has 2 aromatic rings. The Morgan fingerprint density at radius 1 is 1.05 bits per heavy atom. The molecule has 20 heavy (non-hydrogen) atoms. The number of nitrogens with two attached hydrogens (primary N) is 1. The van der Waals surface area contributed by atoms with Crippen LogP contribution in [0.3, 0.4) is 0 Å². The van der Waals surface area contributed by atoms with Crippen LogP contribution in [0.1, 0.15) is 44.3 Å². The summed E-state index contributed by atoms with van der Waals surface area (Å²) in [6.07, 6.45) is 9.14. The summed E-state index contributed by atoms with van der Waals surface area (Å²) in [7, 11) is 0. The Hall–Kier alpha value is -1.68. The number of hydrogen-bond acceptors (Lipinski definition) is 3. The maximum Gasteiger partial charge on any atom is 0.144 e. The van der Waals surface area contributed by atoms with Gasteiger partial charge in [0.15, 0.2) is 0 Å². The van der Waals surface area contributed by atoms with Gasteiger partial charge in [-0.05, 0) is 25.0 Å². The number of hydrogen-bond donors (Lipinski definition) is 1. The predicted octanol–water partition coefficient (Wildman–Crippen LogP) is 2.82. The van der Waals surface area contributed by atoms with Gasteiger partial charge in [0.1, 0.15) is 12.2 Å². The monoisotopic (exact) mass is 270 g/mol. The highest BCUT2D eigenvalue weighted by atomic mass is 15.3. The lowest BCUT2D eigenvalue weighted by molar-refractivity contribution is 0.353. The van der Waals surface area contributed by atoms with Crippen molar-refractivity contribution >= 4 is 0 Å². The highest BCUT2D eigenvalue weighted by Gasteiger charge is 2.36. The number of nitrogens with zero attached hydrogens (tertiary/aromatic N) is 3. The van der Waals surface area contributed by atoms with E-state index >= 15 is 0 Å². The zero-order chi connectivity index (χ0) is 13.8. The maximum absolute atomic E-state index is 6.16. The molecule has 3 rings (SSSR count). The molecule has 1 saturated carbocycles. The Morgan fingerprint density at radius 3 is 2.40 bits per heavy atom. The topological polar surface area (TPSA) is 56.7 Å². The van der Waals surface area contributed by atoms with E-state index in [0.29, 0.717) is 6.54 Å². The normalized spacial score (nSPS) is 18.6. The van der Waals surface area contributed by atoms with E-state index in [9.17, 15) is 0 Å². The first-order valence-electron chi connectivity index (χ1n) is 7.52. The number of benzene rings is 1. The van der Waals surface area contributed by atoms with Crippen molar-refractivity contribution in [2.75, 3.05) is 6.54 Å². The molecule has 1 fully saturated rings. The van der Waals surface area contributed by atoms with Crippen LogP contribution >= 0.6 is 0 Å². The fraction of sp³-hybridized carbons (Fsp3) is 0.500. The van der Waals surface area contributed by atoms with Crippen LogP contribution in [0.2, 0.25) is 0 Å². The fourth-order valence-corrected chi connectivity index (χ4v) is 3.30. The van der Waals surface area contributed by atoms with E-state index in [2.05, 4.69) is 26.9 Å². The quantitative estimate of drug-likeness (QED) is 0.872. The van der Waals surface area contributed by atoms with Gasteiger partial charge in [0.05, 0.1) is 0 Å². The van der Waals surface area contributed by atoms with Gasteiger partial charge >= 0.3 is 0 Å². The first-order chi connectivity index (χ1) is 9.86. The summed E-state index contributed by atoms with van der Waals surface area (Å²) in [5, 5.41) is 8.59. The van der Waals surface area contributed by atoms with Gasteiger partial charge in [-0.15, -0.1) is 10.2 Å². The Morgan fingerprint density at radius 2 is 1.75 bits per heavy atom. The molecule has 2 N–H and O–H groups in total. The largest absolute Gasteiger partial charge is 0.329 e. The van der Waals surface area contributed by atoms with Crippen LogP contribution in [-0.4, -0.2) is 21.3 Å². The molecule has 0 saturated heterocycles. The Balaban J connectivity index is 2.03. The van der Waals surface area contributed by atoms with Gasteiger partial charge in [-0.3, -0.25) is 4.57 Å². The number of aromatic nitrogens is 3. The summed E-state index contributed by atoms with van der Waals surface area (Å²) in [6, 6.07) is 10.3. The van der Waals surface area contributed by atoms with Crippen LogP contribution in [0.25, 0.3) is 5.69 Å².